The summed E-state index contributed by atoms with van der Waals surface area (Å²) in [4.78, 5) is 14.0. The first kappa shape index (κ1) is 13.7. The lowest BCUT2D eigenvalue weighted by Gasteiger charge is -2.29. The van der Waals surface area contributed by atoms with E-state index in [-0.39, 0.29) is 5.97 Å². The molecule has 0 unspecified atom stereocenters. The average Bonchev–Trinajstić information content (AvgIpc) is 2.45. The van der Waals surface area contributed by atoms with Crippen molar-refractivity contribution >= 4 is 17.3 Å². The Balaban J connectivity index is 2.10. The van der Waals surface area contributed by atoms with E-state index in [1.165, 1.54) is 19.3 Å². The van der Waals surface area contributed by atoms with E-state index >= 15 is 0 Å². The Morgan fingerprint density at radius 1 is 1.32 bits per heavy atom. The normalized spacial score (nSPS) is 15.3. The lowest BCUT2D eigenvalue weighted by Crippen LogP contribution is -2.30. The van der Waals surface area contributed by atoms with Gasteiger partial charge in [0.15, 0.2) is 0 Å². The molecule has 2 N–H and O–H groups in total. The number of benzene rings is 1. The quantitative estimate of drug-likeness (QED) is 0.669. The van der Waals surface area contributed by atoms with Crippen LogP contribution in [0, 0.1) is 0 Å². The summed E-state index contributed by atoms with van der Waals surface area (Å²) < 4.78 is 5.11. The molecule has 19 heavy (non-hydrogen) atoms. The third-order valence-electron chi connectivity index (χ3n) is 3.40. The zero-order valence-corrected chi connectivity index (χ0v) is 11.5. The van der Waals surface area contributed by atoms with Crippen molar-refractivity contribution in [1.82, 2.24) is 0 Å². The van der Waals surface area contributed by atoms with Gasteiger partial charge in [0.25, 0.3) is 0 Å². The molecule has 0 saturated carbocycles. The number of carbonyl (C=O) groups excluding carboxylic acids is 1. The summed E-state index contributed by atoms with van der Waals surface area (Å²) >= 11 is 0. The Morgan fingerprint density at radius 3 is 2.68 bits per heavy atom. The smallest absolute Gasteiger partial charge is 0.338 e. The van der Waals surface area contributed by atoms with Gasteiger partial charge in [0.2, 0.25) is 0 Å². The first-order valence-corrected chi connectivity index (χ1v) is 7.04. The highest BCUT2D eigenvalue weighted by atomic mass is 16.5. The van der Waals surface area contributed by atoms with Gasteiger partial charge in [-0.2, -0.15) is 0 Å². The summed E-state index contributed by atoms with van der Waals surface area (Å²) in [5, 5.41) is 0. The van der Waals surface area contributed by atoms with E-state index in [4.69, 9.17) is 10.5 Å². The van der Waals surface area contributed by atoms with Crippen LogP contribution in [0.2, 0.25) is 0 Å². The van der Waals surface area contributed by atoms with Crippen molar-refractivity contribution in [2.75, 3.05) is 30.3 Å². The van der Waals surface area contributed by atoms with Crippen LogP contribution in [0.4, 0.5) is 11.4 Å². The minimum Gasteiger partial charge on any atom is -0.462 e. The maximum Gasteiger partial charge on any atom is 0.338 e. The van der Waals surface area contributed by atoms with Crippen LogP contribution in [0.25, 0.3) is 0 Å². The van der Waals surface area contributed by atoms with Crippen LogP contribution >= 0.6 is 0 Å². The Kier molecular flexibility index (Phi) is 4.66. The topological polar surface area (TPSA) is 55.6 Å². The van der Waals surface area contributed by atoms with Gasteiger partial charge in [0.05, 0.1) is 23.5 Å². The number of hydrogen-bond acceptors (Lipinski definition) is 4. The van der Waals surface area contributed by atoms with E-state index in [9.17, 15) is 4.79 Å². The molecule has 1 heterocycles. The van der Waals surface area contributed by atoms with Crippen molar-refractivity contribution in [2.24, 2.45) is 0 Å². The van der Waals surface area contributed by atoms with Crippen LogP contribution in [0.3, 0.4) is 0 Å². The Morgan fingerprint density at radius 2 is 2.05 bits per heavy atom. The molecule has 0 amide bonds. The lowest BCUT2D eigenvalue weighted by atomic mass is 10.1. The molecule has 0 aliphatic carbocycles. The van der Waals surface area contributed by atoms with Crippen molar-refractivity contribution in [3.05, 3.63) is 23.8 Å². The molecule has 1 aromatic carbocycles. The number of esters is 1. The monoisotopic (exact) mass is 262 g/mol. The highest BCUT2D eigenvalue weighted by molar-refractivity contribution is 5.92. The second kappa shape index (κ2) is 6.45. The van der Waals surface area contributed by atoms with Crippen LogP contribution in [0.15, 0.2) is 18.2 Å². The molecule has 1 saturated heterocycles. The highest BCUT2D eigenvalue weighted by Crippen LogP contribution is 2.27. The second-order valence-corrected chi connectivity index (χ2v) is 4.96. The van der Waals surface area contributed by atoms with Crippen molar-refractivity contribution < 1.29 is 9.53 Å². The van der Waals surface area contributed by atoms with Crippen LogP contribution < -0.4 is 10.6 Å². The highest BCUT2D eigenvalue weighted by Gasteiger charge is 2.15. The Bertz CT molecular complexity index is 440. The van der Waals surface area contributed by atoms with Gasteiger partial charge in [-0.3, -0.25) is 0 Å². The zero-order valence-electron chi connectivity index (χ0n) is 11.5. The summed E-state index contributed by atoms with van der Waals surface area (Å²) in [5.41, 5.74) is 8.30. The molecule has 1 aliphatic rings. The summed E-state index contributed by atoms with van der Waals surface area (Å²) in [5.74, 6) is -0.293. The minimum atomic E-state index is -0.293. The SMILES string of the molecule is CCCOC(=O)c1ccc(N2CCCCC2)c(N)c1. The van der Waals surface area contributed by atoms with E-state index in [1.807, 2.05) is 13.0 Å². The van der Waals surface area contributed by atoms with Gasteiger partial charge < -0.3 is 15.4 Å². The second-order valence-electron chi connectivity index (χ2n) is 4.96. The number of anilines is 2. The number of nitrogens with two attached hydrogens (primary N) is 1. The zero-order chi connectivity index (χ0) is 13.7. The molecule has 104 valence electrons. The van der Waals surface area contributed by atoms with Crippen molar-refractivity contribution in [3.63, 3.8) is 0 Å². The maximum atomic E-state index is 11.8. The van der Waals surface area contributed by atoms with Gasteiger partial charge in [-0.1, -0.05) is 6.92 Å². The maximum absolute atomic E-state index is 11.8. The molecular weight excluding hydrogens is 240 g/mol. The summed E-state index contributed by atoms with van der Waals surface area (Å²) in [6.45, 7) is 4.52. The third kappa shape index (κ3) is 3.40. The first-order valence-electron chi connectivity index (χ1n) is 7.04. The van der Waals surface area contributed by atoms with E-state index in [0.717, 1.165) is 25.2 Å². The van der Waals surface area contributed by atoms with Crippen LogP contribution in [0.1, 0.15) is 43.0 Å². The molecule has 4 heteroatoms. The van der Waals surface area contributed by atoms with Gasteiger partial charge in [-0.05, 0) is 43.9 Å². The number of nitrogen functional groups attached to an aromatic ring is 1. The first-order chi connectivity index (χ1) is 9.22. The molecular formula is C15H22N2O2. The molecule has 0 spiro atoms. The van der Waals surface area contributed by atoms with E-state index < -0.39 is 0 Å². The predicted octanol–water partition coefficient (Wildman–Crippen LogP) is 2.83. The van der Waals surface area contributed by atoms with Crippen molar-refractivity contribution in [2.45, 2.75) is 32.6 Å². The standard InChI is InChI=1S/C15H22N2O2/c1-2-10-19-15(18)12-6-7-14(13(16)11-12)17-8-4-3-5-9-17/h6-7,11H,2-5,8-10,16H2,1H3. The van der Waals surface area contributed by atoms with Crippen LogP contribution in [-0.4, -0.2) is 25.7 Å². The lowest BCUT2D eigenvalue weighted by molar-refractivity contribution is 0.0505. The van der Waals surface area contributed by atoms with Gasteiger partial charge in [-0.15, -0.1) is 0 Å². The van der Waals surface area contributed by atoms with Gasteiger partial charge in [-0.25, -0.2) is 4.79 Å². The van der Waals surface area contributed by atoms with Gasteiger partial charge >= 0.3 is 5.97 Å². The molecule has 2 rings (SSSR count). The molecule has 0 atom stereocenters. The van der Waals surface area contributed by atoms with Crippen molar-refractivity contribution in [3.8, 4) is 0 Å². The molecule has 4 nitrogen and oxygen atoms in total. The number of ether oxygens (including phenoxy) is 1. The molecule has 1 aromatic rings. The predicted molar refractivity (Wildman–Crippen MR) is 77.5 cm³/mol. The summed E-state index contributed by atoms with van der Waals surface area (Å²) in [6.07, 6.45) is 4.53. The van der Waals surface area contributed by atoms with Crippen LogP contribution in [0.5, 0.6) is 0 Å². The van der Waals surface area contributed by atoms with Gasteiger partial charge in [0, 0.05) is 13.1 Å². The molecule has 0 radical (unpaired) electrons. The number of hydrogen-bond donors (Lipinski definition) is 1. The summed E-state index contributed by atoms with van der Waals surface area (Å²) in [7, 11) is 0. The fraction of sp³-hybridized carbons (Fsp3) is 0.533. The van der Waals surface area contributed by atoms with Crippen LogP contribution in [-0.2, 0) is 4.74 Å². The number of piperidine rings is 1. The van der Waals surface area contributed by atoms with E-state index in [2.05, 4.69) is 4.90 Å². The molecule has 1 fully saturated rings. The summed E-state index contributed by atoms with van der Waals surface area (Å²) in [6, 6.07) is 5.46. The minimum absolute atomic E-state index is 0.293. The fourth-order valence-electron chi connectivity index (χ4n) is 2.38. The average molecular weight is 262 g/mol. The van der Waals surface area contributed by atoms with E-state index in [1.54, 1.807) is 12.1 Å². The largest absolute Gasteiger partial charge is 0.462 e. The number of rotatable bonds is 4. The van der Waals surface area contributed by atoms with E-state index in [0.29, 0.717) is 17.9 Å². The Hall–Kier alpha value is -1.71. The third-order valence-corrected chi connectivity index (χ3v) is 3.40. The molecule has 0 bridgehead atoms. The fourth-order valence-corrected chi connectivity index (χ4v) is 2.38. The van der Waals surface area contributed by atoms with Crippen molar-refractivity contribution in [1.29, 1.82) is 0 Å². The van der Waals surface area contributed by atoms with Gasteiger partial charge in [0.1, 0.15) is 0 Å². The Labute approximate surface area is 114 Å². The number of nitrogens with zero attached hydrogens (tertiary/aromatic N) is 1. The number of carbonyl (C=O) groups is 1. The molecule has 1 aliphatic heterocycles. The molecule has 0 aromatic heterocycles.